The minimum atomic E-state index is -2.69. The maximum absolute atomic E-state index is 13.8. The number of hydrogen-bond acceptors (Lipinski definition) is 8. The number of anilines is 2. The molecule has 0 saturated carbocycles. The van der Waals surface area contributed by atoms with Crippen LogP contribution in [0.5, 0.6) is 5.75 Å². The molecule has 0 spiro atoms. The third-order valence-electron chi connectivity index (χ3n) is 7.24. The number of rotatable bonds is 9. The number of methoxy groups -OCH3 is 1. The van der Waals surface area contributed by atoms with E-state index < -0.39 is 12.3 Å². The van der Waals surface area contributed by atoms with E-state index in [-0.39, 0.29) is 17.3 Å². The lowest BCUT2D eigenvalue weighted by molar-refractivity contribution is 0.102. The molecule has 0 bridgehead atoms. The summed E-state index contributed by atoms with van der Waals surface area (Å²) in [5.74, 6) is 6.23. The second kappa shape index (κ2) is 14.7. The van der Waals surface area contributed by atoms with Crippen LogP contribution in [0.3, 0.4) is 0 Å². The summed E-state index contributed by atoms with van der Waals surface area (Å²) < 4.78 is 42.7. The van der Waals surface area contributed by atoms with E-state index in [0.717, 1.165) is 37.1 Å². The number of likely N-dealkylation sites (tertiary alicyclic amines) is 1. The number of allylic oxidation sites excluding steroid dienone is 1. The van der Waals surface area contributed by atoms with Gasteiger partial charge in [0, 0.05) is 42.1 Å². The van der Waals surface area contributed by atoms with Crippen LogP contribution in [0.15, 0.2) is 59.0 Å². The van der Waals surface area contributed by atoms with Gasteiger partial charge in [-0.2, -0.15) is 5.10 Å². The van der Waals surface area contributed by atoms with Crippen molar-refractivity contribution in [2.24, 2.45) is 16.7 Å². The maximum atomic E-state index is 13.8. The summed E-state index contributed by atoms with van der Waals surface area (Å²) in [7, 11) is 3.84. The van der Waals surface area contributed by atoms with E-state index in [9.17, 15) is 18.0 Å². The Hall–Kier alpha value is -4.03. The summed E-state index contributed by atoms with van der Waals surface area (Å²) in [4.78, 5) is 15.5. The molecule has 0 radical (unpaired) electrons. The Morgan fingerprint density at radius 2 is 1.93 bits per heavy atom. The van der Waals surface area contributed by atoms with E-state index in [4.69, 9.17) is 16.3 Å². The van der Waals surface area contributed by atoms with Gasteiger partial charge in [-0.05, 0) is 75.7 Å². The molecule has 2 aromatic rings. The number of nitrogens with one attached hydrogen (secondary N) is 1. The number of alkyl halides is 3. The van der Waals surface area contributed by atoms with E-state index >= 15 is 0 Å². The van der Waals surface area contributed by atoms with Crippen LogP contribution >= 0.6 is 0 Å². The Labute approximate surface area is 245 Å². The maximum Gasteiger partial charge on any atom is 0.263 e. The molecule has 2 aromatic carbocycles. The molecule has 12 heteroatoms. The largest absolute Gasteiger partial charge is 0.494 e. The zero-order chi connectivity index (χ0) is 31.0. The van der Waals surface area contributed by atoms with Crippen LogP contribution < -0.4 is 26.6 Å². The number of hydrazine groups is 1. The summed E-state index contributed by atoms with van der Waals surface area (Å²) in [5, 5.41) is 10.2. The van der Waals surface area contributed by atoms with Gasteiger partial charge < -0.3 is 15.8 Å². The van der Waals surface area contributed by atoms with Crippen LogP contribution in [0.2, 0.25) is 0 Å². The van der Waals surface area contributed by atoms with E-state index in [1.165, 1.54) is 24.3 Å². The number of nitrogens with two attached hydrogens (primary N) is 2. The van der Waals surface area contributed by atoms with Crippen molar-refractivity contribution in [3.8, 4) is 5.75 Å². The quantitative estimate of drug-likeness (QED) is 0.276. The van der Waals surface area contributed by atoms with Crippen LogP contribution in [0, 0.1) is 6.92 Å². The van der Waals surface area contributed by atoms with Crippen LogP contribution in [-0.2, 0) is 6.54 Å². The van der Waals surface area contributed by atoms with Crippen LogP contribution in [0.1, 0.15) is 53.2 Å². The van der Waals surface area contributed by atoms with Gasteiger partial charge >= 0.3 is 0 Å². The Kier molecular flexibility index (Phi) is 11.4. The molecule has 5 N–H and O–H groups in total. The van der Waals surface area contributed by atoms with E-state index in [1.807, 2.05) is 32.0 Å². The van der Waals surface area contributed by atoms with Gasteiger partial charge in [-0.3, -0.25) is 24.1 Å². The third-order valence-corrected chi connectivity index (χ3v) is 7.24. The minimum absolute atomic E-state index is 0.0726. The normalized spacial score (nSPS) is 17.1. The van der Waals surface area contributed by atoms with Gasteiger partial charge in [0.25, 0.3) is 12.3 Å². The number of aryl methyl sites for hydroxylation is 1. The highest BCUT2D eigenvalue weighted by atomic mass is 19.3. The number of carbonyl (C=O) groups is 1. The molecule has 0 aromatic heterocycles. The van der Waals surface area contributed by atoms with E-state index in [0.29, 0.717) is 42.0 Å². The van der Waals surface area contributed by atoms with Crippen molar-refractivity contribution >= 4 is 23.5 Å². The summed E-state index contributed by atoms with van der Waals surface area (Å²) in [6.45, 7) is 6.11. The molecule has 228 valence electrons. The molecule has 9 nitrogen and oxygen atoms in total. The van der Waals surface area contributed by atoms with Crippen molar-refractivity contribution in [1.82, 2.24) is 9.91 Å². The van der Waals surface area contributed by atoms with Crippen molar-refractivity contribution in [2.75, 3.05) is 44.8 Å². The molecule has 1 atom stereocenters. The highest BCUT2D eigenvalue weighted by Crippen LogP contribution is 2.36. The molecule has 1 amide bonds. The average Bonchev–Trinajstić information content (AvgIpc) is 3.48. The van der Waals surface area contributed by atoms with Gasteiger partial charge in [-0.15, -0.1) is 0 Å². The Balaban J connectivity index is 0.00000237. The van der Waals surface area contributed by atoms with Gasteiger partial charge in [0.15, 0.2) is 0 Å². The first-order valence-corrected chi connectivity index (χ1v) is 13.6. The summed E-state index contributed by atoms with van der Waals surface area (Å²) in [6.07, 6.45) is 4.64. The first-order valence-electron chi connectivity index (χ1n) is 13.6. The SMILES string of the molecule is CF.COc1c(CN2CCCC2)cc(C(F)F)cc1NC(=O)c1ccc(C)c(N(N)/C=C(\N)C2=CC(C)N(C)N=C2)c1. The third kappa shape index (κ3) is 7.83. The minimum Gasteiger partial charge on any atom is -0.494 e. The molecule has 42 heavy (non-hydrogen) atoms. The zero-order valence-corrected chi connectivity index (χ0v) is 24.7. The van der Waals surface area contributed by atoms with Crippen molar-refractivity contribution in [3.63, 3.8) is 0 Å². The number of ether oxygens (including phenoxy) is 1. The van der Waals surface area contributed by atoms with Crippen molar-refractivity contribution in [2.45, 2.75) is 45.7 Å². The molecule has 4 rings (SSSR count). The topological polar surface area (TPSA) is 112 Å². The molecule has 1 fully saturated rings. The number of amides is 1. The van der Waals surface area contributed by atoms with Gasteiger partial charge in [0.1, 0.15) is 5.75 Å². The van der Waals surface area contributed by atoms with Gasteiger partial charge in [0.05, 0.1) is 43.6 Å². The van der Waals surface area contributed by atoms with E-state index in [2.05, 4.69) is 15.3 Å². The number of halogens is 3. The molecular weight excluding hydrogens is 547 g/mol. The second-order valence-electron chi connectivity index (χ2n) is 10.2. The standard InChI is InChI=1S/C29H37F2N7O2.CH3F/c1-18-7-8-20(14-26(18)38(33)17-24(32)22-11-19(2)36(3)34-15-22)29(39)35-25-13-21(28(30)31)12-23(27(25)40-4)16-37-9-5-6-10-37;1-2/h7-8,11-15,17,19,28H,5-6,9-10,16,32-33H2,1-4H3,(H,35,39);1H3/b24-17-;. The highest BCUT2D eigenvalue weighted by Gasteiger charge is 2.22. The summed E-state index contributed by atoms with van der Waals surface area (Å²) in [6, 6.07) is 7.83. The second-order valence-corrected chi connectivity index (χ2v) is 10.2. The molecule has 2 aliphatic heterocycles. The molecular formula is C30H40F3N7O2. The fourth-order valence-corrected chi connectivity index (χ4v) is 4.83. The van der Waals surface area contributed by atoms with Gasteiger partial charge in [0.2, 0.25) is 0 Å². The first-order chi connectivity index (χ1) is 20.1. The fourth-order valence-electron chi connectivity index (χ4n) is 4.83. The summed E-state index contributed by atoms with van der Waals surface area (Å²) >= 11 is 0. The first kappa shape index (κ1) is 32.5. The molecule has 2 heterocycles. The van der Waals surface area contributed by atoms with Crippen molar-refractivity contribution in [3.05, 3.63) is 76.1 Å². The molecule has 1 saturated heterocycles. The average molecular weight is 588 g/mol. The van der Waals surface area contributed by atoms with Gasteiger partial charge in [-0.25, -0.2) is 14.6 Å². The molecule has 1 unspecified atom stereocenters. The number of carbonyl (C=O) groups excluding carboxylic acids is 1. The molecule has 0 aliphatic carbocycles. The van der Waals surface area contributed by atoms with Crippen molar-refractivity contribution < 1.29 is 22.7 Å². The fraction of sp³-hybridized carbons (Fsp3) is 0.400. The lowest BCUT2D eigenvalue weighted by Gasteiger charge is -2.24. The highest BCUT2D eigenvalue weighted by molar-refractivity contribution is 6.06. The van der Waals surface area contributed by atoms with Gasteiger partial charge in [-0.1, -0.05) is 6.07 Å². The van der Waals surface area contributed by atoms with Crippen LogP contribution in [0.4, 0.5) is 24.5 Å². The number of benzene rings is 2. The summed E-state index contributed by atoms with van der Waals surface area (Å²) in [5.41, 5.74) is 9.73. The Morgan fingerprint density at radius 3 is 2.55 bits per heavy atom. The zero-order valence-electron chi connectivity index (χ0n) is 24.7. The lowest BCUT2D eigenvalue weighted by atomic mass is 10.1. The number of hydrogen-bond donors (Lipinski definition) is 3. The Morgan fingerprint density at radius 1 is 1.24 bits per heavy atom. The molecule has 2 aliphatic rings. The number of likely N-dealkylation sites (N-methyl/N-ethyl adjacent to an activating group) is 1. The number of hydrazone groups is 1. The van der Waals surface area contributed by atoms with Crippen LogP contribution in [0.25, 0.3) is 0 Å². The Bertz CT molecular complexity index is 1340. The van der Waals surface area contributed by atoms with E-state index in [1.54, 1.807) is 30.6 Å². The van der Waals surface area contributed by atoms with Crippen molar-refractivity contribution in [1.29, 1.82) is 0 Å². The predicted molar refractivity (Wildman–Crippen MR) is 161 cm³/mol. The lowest BCUT2D eigenvalue weighted by Crippen LogP contribution is -2.30. The number of nitrogens with zero attached hydrogens (tertiary/aromatic N) is 4. The smallest absolute Gasteiger partial charge is 0.263 e. The monoisotopic (exact) mass is 587 g/mol. The van der Waals surface area contributed by atoms with Crippen LogP contribution in [-0.4, -0.2) is 62.5 Å². The predicted octanol–water partition coefficient (Wildman–Crippen LogP) is 5.10.